The molecule has 0 unspecified atom stereocenters. The zero-order valence-electron chi connectivity index (χ0n) is 9.95. The molecule has 0 atom stereocenters. The molecule has 0 fully saturated rings. The van der Waals surface area contributed by atoms with Gasteiger partial charge in [0.25, 0.3) is 0 Å². The number of halogens is 4. The van der Waals surface area contributed by atoms with Crippen LogP contribution in [-0.4, -0.2) is 16.1 Å². The first-order valence-corrected chi connectivity index (χ1v) is 6.07. The van der Waals surface area contributed by atoms with Crippen LogP contribution in [0.25, 0.3) is 11.5 Å². The van der Waals surface area contributed by atoms with Gasteiger partial charge in [0.2, 0.25) is 11.7 Å². The Kier molecular flexibility index (Phi) is 3.59. The lowest BCUT2D eigenvalue weighted by molar-refractivity contribution is -0.141. The number of oxazole rings is 1. The predicted molar refractivity (Wildman–Crippen MR) is 66.3 cm³/mol. The first kappa shape index (κ1) is 14.6. The molecule has 0 saturated heterocycles. The maximum atomic E-state index is 12.7. The van der Waals surface area contributed by atoms with E-state index in [-0.39, 0.29) is 5.56 Å². The van der Waals surface area contributed by atoms with Crippen LogP contribution >= 0.6 is 15.9 Å². The molecule has 0 amide bonds. The van der Waals surface area contributed by atoms with Gasteiger partial charge in [-0.25, -0.2) is 9.78 Å². The molecule has 1 aromatic heterocycles. The molecule has 2 aromatic rings. The second-order valence-electron chi connectivity index (χ2n) is 3.98. The summed E-state index contributed by atoms with van der Waals surface area (Å²) in [6, 6.07) is 4.81. The summed E-state index contributed by atoms with van der Waals surface area (Å²) in [5.74, 6) is -3.44. The molecule has 106 valence electrons. The number of aryl methyl sites for hydroxylation is 1. The largest absolute Gasteiger partial charge is 0.475 e. The topological polar surface area (TPSA) is 63.3 Å². The summed E-state index contributed by atoms with van der Waals surface area (Å²) in [6.07, 6.45) is -4.90. The van der Waals surface area contributed by atoms with E-state index in [2.05, 4.69) is 20.9 Å². The van der Waals surface area contributed by atoms with Gasteiger partial charge in [-0.2, -0.15) is 13.2 Å². The van der Waals surface area contributed by atoms with Gasteiger partial charge in [-0.3, -0.25) is 0 Å². The Morgan fingerprint density at radius 2 is 2.05 bits per heavy atom. The molecule has 0 saturated carbocycles. The molecule has 1 heterocycles. The molecule has 1 N–H and O–H groups in total. The smallest absolute Gasteiger partial charge is 0.437 e. The van der Waals surface area contributed by atoms with E-state index >= 15 is 0 Å². The number of hydrogen-bond donors (Lipinski definition) is 1. The Labute approximate surface area is 119 Å². The number of carboxylic acids is 1. The van der Waals surface area contributed by atoms with Crippen molar-refractivity contribution in [2.75, 3.05) is 0 Å². The standard InChI is InChI=1S/C12H7BrF3NO3/c1-5-2-3-6(7(13)4-5)10-17-9(12(14,15)16)8(20-10)11(18)19/h2-4H,1H3,(H,18,19). The van der Waals surface area contributed by atoms with E-state index in [9.17, 15) is 18.0 Å². The minimum atomic E-state index is -4.90. The molecule has 0 radical (unpaired) electrons. The number of benzene rings is 1. The van der Waals surface area contributed by atoms with E-state index in [1.54, 1.807) is 19.1 Å². The summed E-state index contributed by atoms with van der Waals surface area (Å²) in [6.45, 7) is 1.80. The van der Waals surface area contributed by atoms with Crippen molar-refractivity contribution in [3.63, 3.8) is 0 Å². The molecular weight excluding hydrogens is 343 g/mol. The summed E-state index contributed by atoms with van der Waals surface area (Å²) in [5, 5.41) is 8.76. The molecule has 2 rings (SSSR count). The van der Waals surface area contributed by atoms with Crippen molar-refractivity contribution in [1.29, 1.82) is 0 Å². The highest BCUT2D eigenvalue weighted by Gasteiger charge is 2.41. The average molecular weight is 350 g/mol. The highest BCUT2D eigenvalue weighted by molar-refractivity contribution is 9.10. The second kappa shape index (κ2) is 4.93. The third-order valence-corrected chi connectivity index (χ3v) is 3.10. The number of aromatic carboxylic acids is 1. The number of nitrogens with zero attached hydrogens (tertiary/aromatic N) is 1. The van der Waals surface area contributed by atoms with Gasteiger partial charge in [-0.05, 0) is 40.5 Å². The summed E-state index contributed by atoms with van der Waals surface area (Å²) in [5.41, 5.74) is -0.428. The number of hydrogen-bond acceptors (Lipinski definition) is 3. The third-order valence-electron chi connectivity index (χ3n) is 2.44. The third kappa shape index (κ3) is 2.69. The number of rotatable bonds is 2. The molecule has 8 heteroatoms. The fourth-order valence-electron chi connectivity index (χ4n) is 1.57. The Hall–Kier alpha value is -1.83. The lowest BCUT2D eigenvalue weighted by Gasteiger charge is -2.01. The van der Waals surface area contributed by atoms with E-state index in [1.165, 1.54) is 6.07 Å². The van der Waals surface area contributed by atoms with Crippen molar-refractivity contribution < 1.29 is 27.5 Å². The van der Waals surface area contributed by atoms with Crippen LogP contribution < -0.4 is 0 Å². The Balaban J connectivity index is 2.62. The van der Waals surface area contributed by atoms with Gasteiger partial charge in [0.1, 0.15) is 0 Å². The molecule has 0 bridgehead atoms. The van der Waals surface area contributed by atoms with Gasteiger partial charge in [-0.15, -0.1) is 0 Å². The monoisotopic (exact) mass is 349 g/mol. The Morgan fingerprint density at radius 3 is 2.50 bits per heavy atom. The van der Waals surface area contributed by atoms with Crippen LogP contribution in [0.2, 0.25) is 0 Å². The van der Waals surface area contributed by atoms with Crippen LogP contribution in [0.4, 0.5) is 13.2 Å². The lowest BCUT2D eigenvalue weighted by atomic mass is 10.1. The van der Waals surface area contributed by atoms with Crippen LogP contribution in [0, 0.1) is 6.92 Å². The molecule has 0 aliphatic carbocycles. The van der Waals surface area contributed by atoms with E-state index in [1.807, 2.05) is 0 Å². The SMILES string of the molecule is Cc1ccc(-c2nc(C(F)(F)F)c(C(=O)O)o2)c(Br)c1. The van der Waals surface area contributed by atoms with Gasteiger partial charge < -0.3 is 9.52 Å². The van der Waals surface area contributed by atoms with Gasteiger partial charge in [0.05, 0.1) is 5.56 Å². The van der Waals surface area contributed by atoms with E-state index in [0.29, 0.717) is 4.47 Å². The van der Waals surface area contributed by atoms with Gasteiger partial charge in [-0.1, -0.05) is 6.07 Å². The predicted octanol–water partition coefficient (Wildman–Crippen LogP) is 4.13. The molecule has 0 aliphatic heterocycles. The fourth-order valence-corrected chi connectivity index (χ4v) is 2.23. The Morgan fingerprint density at radius 1 is 1.40 bits per heavy atom. The highest BCUT2D eigenvalue weighted by Crippen LogP contribution is 2.36. The summed E-state index contributed by atoms with van der Waals surface area (Å²) >= 11 is 3.18. The first-order chi connectivity index (χ1) is 9.20. The lowest BCUT2D eigenvalue weighted by Crippen LogP contribution is -2.11. The van der Waals surface area contributed by atoms with Gasteiger partial charge in [0, 0.05) is 4.47 Å². The summed E-state index contributed by atoms with van der Waals surface area (Å²) < 4.78 is 43.3. The maximum absolute atomic E-state index is 12.7. The number of carboxylic acid groups (broad SMARTS) is 1. The van der Waals surface area contributed by atoms with E-state index < -0.39 is 29.5 Å². The summed E-state index contributed by atoms with van der Waals surface area (Å²) in [4.78, 5) is 14.1. The molecule has 20 heavy (non-hydrogen) atoms. The number of alkyl halides is 3. The fraction of sp³-hybridized carbons (Fsp3) is 0.167. The minimum Gasteiger partial charge on any atom is -0.475 e. The van der Waals surface area contributed by atoms with Crippen LogP contribution in [0.15, 0.2) is 27.1 Å². The molecule has 0 aliphatic rings. The molecule has 4 nitrogen and oxygen atoms in total. The van der Waals surface area contributed by atoms with E-state index in [4.69, 9.17) is 9.52 Å². The van der Waals surface area contributed by atoms with Crippen LogP contribution in [0.1, 0.15) is 21.8 Å². The second-order valence-corrected chi connectivity index (χ2v) is 4.84. The minimum absolute atomic E-state index is 0.244. The molecular formula is C12H7BrF3NO3. The van der Waals surface area contributed by atoms with Crippen molar-refractivity contribution in [3.8, 4) is 11.5 Å². The zero-order chi connectivity index (χ0) is 15.1. The first-order valence-electron chi connectivity index (χ1n) is 5.28. The van der Waals surface area contributed by atoms with Gasteiger partial charge in [0.15, 0.2) is 5.69 Å². The van der Waals surface area contributed by atoms with Crippen molar-refractivity contribution in [2.45, 2.75) is 13.1 Å². The van der Waals surface area contributed by atoms with Crippen LogP contribution in [-0.2, 0) is 6.18 Å². The summed E-state index contributed by atoms with van der Waals surface area (Å²) in [7, 11) is 0. The van der Waals surface area contributed by atoms with Crippen molar-refractivity contribution in [1.82, 2.24) is 4.98 Å². The number of carbonyl (C=O) groups is 1. The van der Waals surface area contributed by atoms with E-state index in [0.717, 1.165) is 5.56 Å². The number of aromatic nitrogens is 1. The van der Waals surface area contributed by atoms with Crippen molar-refractivity contribution in [3.05, 3.63) is 39.7 Å². The molecule has 1 aromatic carbocycles. The zero-order valence-corrected chi connectivity index (χ0v) is 11.5. The van der Waals surface area contributed by atoms with Crippen LogP contribution in [0.5, 0.6) is 0 Å². The Bertz CT molecular complexity index is 679. The quantitative estimate of drug-likeness (QED) is 0.885. The normalized spacial score (nSPS) is 11.7. The van der Waals surface area contributed by atoms with Crippen LogP contribution in [0.3, 0.4) is 0 Å². The van der Waals surface area contributed by atoms with Crippen molar-refractivity contribution >= 4 is 21.9 Å². The van der Waals surface area contributed by atoms with Crippen molar-refractivity contribution in [2.24, 2.45) is 0 Å². The molecule has 0 spiro atoms. The average Bonchev–Trinajstić information content (AvgIpc) is 2.73. The van der Waals surface area contributed by atoms with Gasteiger partial charge >= 0.3 is 12.1 Å². The maximum Gasteiger partial charge on any atom is 0.437 e. The highest BCUT2D eigenvalue weighted by atomic mass is 79.9.